The zero-order valence-electron chi connectivity index (χ0n) is 15.4. The summed E-state index contributed by atoms with van der Waals surface area (Å²) < 4.78 is 12.3. The number of rotatable bonds is 6. The molecule has 0 saturated heterocycles. The number of nitrogens with one attached hydrogen (secondary N) is 1. The number of hydrogen-bond donors (Lipinski definition) is 1. The van der Waals surface area contributed by atoms with Gasteiger partial charge in [-0.1, -0.05) is 30.3 Å². The van der Waals surface area contributed by atoms with Crippen LogP contribution in [-0.4, -0.2) is 24.7 Å². The Balaban J connectivity index is 1.34. The van der Waals surface area contributed by atoms with E-state index >= 15 is 0 Å². The first-order valence-corrected chi connectivity index (χ1v) is 8.99. The molecule has 0 fully saturated rings. The van der Waals surface area contributed by atoms with Crippen LogP contribution in [0, 0.1) is 0 Å². The highest BCUT2D eigenvalue weighted by Crippen LogP contribution is 2.31. The number of aromatic nitrogens is 1. The van der Waals surface area contributed by atoms with Crippen LogP contribution in [0.15, 0.2) is 78.2 Å². The number of pyridine rings is 1. The Kier molecular flexibility index (Phi) is 5.29. The van der Waals surface area contributed by atoms with E-state index in [0.717, 1.165) is 5.56 Å². The Morgan fingerprint density at radius 1 is 0.966 bits per heavy atom. The predicted molar refractivity (Wildman–Crippen MR) is 105 cm³/mol. The molecule has 1 aliphatic heterocycles. The maximum absolute atomic E-state index is 12.2. The van der Waals surface area contributed by atoms with Gasteiger partial charge >= 0.3 is 0 Å². The Bertz CT molecular complexity index is 1060. The fourth-order valence-corrected chi connectivity index (χ4v) is 2.82. The third kappa shape index (κ3) is 4.47. The Labute approximate surface area is 167 Å². The normalized spacial score (nSPS) is 12.1. The van der Waals surface area contributed by atoms with Gasteiger partial charge in [0.2, 0.25) is 19.1 Å². The van der Waals surface area contributed by atoms with Gasteiger partial charge in [-0.05, 0) is 23.8 Å². The second kappa shape index (κ2) is 8.35. The van der Waals surface area contributed by atoms with Crippen LogP contribution in [0.25, 0.3) is 0 Å². The van der Waals surface area contributed by atoms with Gasteiger partial charge < -0.3 is 9.47 Å². The standard InChI is InChI=1S/C22H17N3O4/c26-19(17-4-2-1-3-5-17)14-25-10-8-18(9-11-25)22(27)24-23-13-16-6-7-20-21(12-16)29-15-28-20/h1-13H,14-15H2/p+1. The number of ketones is 1. The summed E-state index contributed by atoms with van der Waals surface area (Å²) in [4.78, 5) is 24.5. The van der Waals surface area contributed by atoms with Gasteiger partial charge in [0.1, 0.15) is 0 Å². The van der Waals surface area contributed by atoms with Crippen LogP contribution in [0.4, 0.5) is 0 Å². The molecule has 0 atom stereocenters. The molecule has 1 aliphatic rings. The van der Waals surface area contributed by atoms with Crippen molar-refractivity contribution in [3.8, 4) is 11.5 Å². The van der Waals surface area contributed by atoms with E-state index in [2.05, 4.69) is 10.5 Å². The van der Waals surface area contributed by atoms with Gasteiger partial charge in [-0.25, -0.2) is 5.43 Å². The van der Waals surface area contributed by atoms with Gasteiger partial charge in [-0.2, -0.15) is 9.67 Å². The average molecular weight is 388 g/mol. The van der Waals surface area contributed by atoms with Crippen LogP contribution < -0.4 is 19.5 Å². The summed E-state index contributed by atoms with van der Waals surface area (Å²) in [6.07, 6.45) is 4.91. The molecule has 1 aromatic heterocycles. The molecule has 4 rings (SSSR count). The summed E-state index contributed by atoms with van der Waals surface area (Å²) in [5.41, 5.74) is 4.35. The summed E-state index contributed by atoms with van der Waals surface area (Å²) >= 11 is 0. The number of carbonyl (C=O) groups excluding carboxylic acids is 2. The third-order valence-corrected chi connectivity index (χ3v) is 4.35. The fraction of sp³-hybridized carbons (Fsp3) is 0.0909. The second-order valence-electron chi connectivity index (χ2n) is 6.36. The van der Waals surface area contributed by atoms with Crippen molar-refractivity contribution in [1.82, 2.24) is 5.43 Å². The number of ether oxygens (including phenoxy) is 2. The van der Waals surface area contributed by atoms with Crippen molar-refractivity contribution >= 4 is 17.9 Å². The minimum Gasteiger partial charge on any atom is -0.454 e. The molecule has 0 unspecified atom stereocenters. The Morgan fingerprint density at radius 3 is 2.52 bits per heavy atom. The van der Waals surface area contributed by atoms with Gasteiger partial charge in [0.15, 0.2) is 23.9 Å². The first kappa shape index (κ1) is 18.4. The molecule has 144 valence electrons. The van der Waals surface area contributed by atoms with Crippen molar-refractivity contribution in [2.24, 2.45) is 5.10 Å². The molecule has 0 radical (unpaired) electrons. The smallest absolute Gasteiger partial charge is 0.271 e. The minimum atomic E-state index is -0.344. The van der Waals surface area contributed by atoms with Crippen LogP contribution >= 0.6 is 0 Å². The molecule has 7 heteroatoms. The van der Waals surface area contributed by atoms with Gasteiger partial charge in [0.05, 0.1) is 11.8 Å². The van der Waals surface area contributed by atoms with Crippen molar-refractivity contribution in [2.75, 3.05) is 6.79 Å². The molecule has 0 bridgehead atoms. The molecular formula is C22H18N3O4+. The van der Waals surface area contributed by atoms with Crippen LogP contribution in [0.3, 0.4) is 0 Å². The largest absolute Gasteiger partial charge is 0.454 e. The van der Waals surface area contributed by atoms with Crippen LogP contribution in [0.5, 0.6) is 11.5 Å². The lowest BCUT2D eigenvalue weighted by Crippen LogP contribution is -2.37. The van der Waals surface area contributed by atoms with Crippen molar-refractivity contribution < 1.29 is 23.6 Å². The van der Waals surface area contributed by atoms with Crippen LogP contribution in [0.2, 0.25) is 0 Å². The number of Topliss-reactive ketones (excluding diaryl/α,β-unsaturated/α-hetero) is 1. The van der Waals surface area contributed by atoms with E-state index in [1.165, 1.54) is 6.21 Å². The van der Waals surface area contributed by atoms with Crippen molar-refractivity contribution in [3.05, 3.63) is 89.7 Å². The number of hydrogen-bond acceptors (Lipinski definition) is 5. The molecule has 7 nitrogen and oxygen atoms in total. The highest BCUT2D eigenvalue weighted by molar-refractivity contribution is 5.95. The fourth-order valence-electron chi connectivity index (χ4n) is 2.82. The minimum absolute atomic E-state index is 0.00104. The number of nitrogens with zero attached hydrogens (tertiary/aromatic N) is 2. The molecule has 3 aromatic rings. The van der Waals surface area contributed by atoms with Gasteiger partial charge in [0.25, 0.3) is 5.91 Å². The zero-order valence-corrected chi connectivity index (χ0v) is 15.4. The molecule has 2 heterocycles. The van der Waals surface area contributed by atoms with E-state index in [1.807, 2.05) is 24.3 Å². The quantitative estimate of drug-likeness (QED) is 0.304. The van der Waals surface area contributed by atoms with Gasteiger partial charge in [-0.3, -0.25) is 9.59 Å². The molecule has 0 spiro atoms. The summed E-state index contributed by atoms with van der Waals surface area (Å²) in [5, 5.41) is 3.97. The lowest BCUT2D eigenvalue weighted by molar-refractivity contribution is -0.683. The van der Waals surface area contributed by atoms with Gasteiger partial charge in [-0.15, -0.1) is 0 Å². The van der Waals surface area contributed by atoms with Crippen LogP contribution in [0.1, 0.15) is 26.3 Å². The van der Waals surface area contributed by atoms with Crippen molar-refractivity contribution in [1.29, 1.82) is 0 Å². The predicted octanol–water partition coefficient (Wildman–Crippen LogP) is 2.35. The SMILES string of the molecule is O=C(C[n+]1ccc(C(=O)NN=Cc2ccc3c(c2)OCO3)cc1)c1ccccc1. The number of carbonyl (C=O) groups is 2. The van der Waals surface area contributed by atoms with Crippen molar-refractivity contribution in [3.63, 3.8) is 0 Å². The molecule has 0 aliphatic carbocycles. The van der Waals surface area contributed by atoms with Crippen LogP contribution in [-0.2, 0) is 6.54 Å². The first-order valence-electron chi connectivity index (χ1n) is 8.99. The highest BCUT2D eigenvalue weighted by atomic mass is 16.7. The molecular weight excluding hydrogens is 370 g/mol. The lowest BCUT2D eigenvalue weighted by Gasteiger charge is -2.01. The number of benzene rings is 2. The maximum atomic E-state index is 12.2. The lowest BCUT2D eigenvalue weighted by atomic mass is 10.1. The molecule has 1 N–H and O–H groups in total. The van der Waals surface area contributed by atoms with E-state index < -0.39 is 0 Å². The summed E-state index contributed by atoms with van der Waals surface area (Å²) in [6.45, 7) is 0.409. The topological polar surface area (TPSA) is 80.9 Å². The molecule has 29 heavy (non-hydrogen) atoms. The monoisotopic (exact) mass is 388 g/mol. The van der Waals surface area contributed by atoms with E-state index in [1.54, 1.807) is 53.4 Å². The summed E-state index contributed by atoms with van der Waals surface area (Å²) in [7, 11) is 0. The van der Waals surface area contributed by atoms with E-state index in [4.69, 9.17) is 9.47 Å². The molecule has 0 saturated carbocycles. The van der Waals surface area contributed by atoms with Crippen molar-refractivity contribution in [2.45, 2.75) is 6.54 Å². The third-order valence-electron chi connectivity index (χ3n) is 4.35. The zero-order chi connectivity index (χ0) is 20.1. The first-order chi connectivity index (χ1) is 14.2. The number of hydrazone groups is 1. The highest BCUT2D eigenvalue weighted by Gasteiger charge is 2.14. The number of fused-ring (bicyclic) bond motifs is 1. The van der Waals surface area contributed by atoms with E-state index in [9.17, 15) is 9.59 Å². The Hall–Kier alpha value is -4.00. The van der Waals surface area contributed by atoms with Gasteiger partial charge in [0, 0.05) is 17.7 Å². The molecule has 1 amide bonds. The van der Waals surface area contributed by atoms with E-state index in [-0.39, 0.29) is 25.0 Å². The average Bonchev–Trinajstić information content (AvgIpc) is 3.23. The van der Waals surface area contributed by atoms with E-state index in [0.29, 0.717) is 22.6 Å². The summed E-state index contributed by atoms with van der Waals surface area (Å²) in [5.74, 6) is 0.997. The maximum Gasteiger partial charge on any atom is 0.271 e. The summed E-state index contributed by atoms with van der Waals surface area (Å²) in [6, 6.07) is 17.8. The molecule has 2 aromatic carbocycles. The number of amides is 1. The second-order valence-corrected chi connectivity index (χ2v) is 6.36. The Morgan fingerprint density at radius 2 is 1.72 bits per heavy atom.